The first kappa shape index (κ1) is 11.0. The van der Waals surface area contributed by atoms with E-state index in [1.807, 2.05) is 25.1 Å². The second-order valence-electron chi connectivity index (χ2n) is 4.36. The van der Waals surface area contributed by atoms with E-state index in [9.17, 15) is 5.11 Å². The van der Waals surface area contributed by atoms with Gasteiger partial charge in [-0.2, -0.15) is 5.26 Å². The summed E-state index contributed by atoms with van der Waals surface area (Å²) in [6.07, 6.45) is 1.70. The van der Waals surface area contributed by atoms with Gasteiger partial charge in [0.1, 0.15) is 0 Å². The first-order valence-corrected chi connectivity index (χ1v) is 5.64. The number of hydrogen-bond acceptors (Lipinski definition) is 3. The van der Waals surface area contributed by atoms with Crippen LogP contribution < -0.4 is 4.90 Å². The molecule has 1 aliphatic heterocycles. The number of piperidine rings is 1. The molecule has 2 rings (SSSR count). The van der Waals surface area contributed by atoms with Gasteiger partial charge in [-0.1, -0.05) is 0 Å². The van der Waals surface area contributed by atoms with Crippen LogP contribution in [-0.2, 0) is 0 Å². The molecule has 1 atom stereocenters. The number of benzene rings is 1. The Bertz CT molecular complexity index is 422. The van der Waals surface area contributed by atoms with Gasteiger partial charge in [0.25, 0.3) is 0 Å². The summed E-state index contributed by atoms with van der Waals surface area (Å²) in [6.45, 7) is 3.70. The largest absolute Gasteiger partial charge is 0.391 e. The molecule has 3 nitrogen and oxygen atoms in total. The minimum atomic E-state index is -0.219. The lowest BCUT2D eigenvalue weighted by Crippen LogP contribution is -2.38. The zero-order chi connectivity index (χ0) is 11.5. The molecular weight excluding hydrogens is 200 g/mol. The normalized spacial score (nSPS) is 20.6. The van der Waals surface area contributed by atoms with Gasteiger partial charge in [0, 0.05) is 18.8 Å². The summed E-state index contributed by atoms with van der Waals surface area (Å²) in [6, 6.07) is 7.85. The minimum absolute atomic E-state index is 0.219. The van der Waals surface area contributed by atoms with Crippen LogP contribution in [0.4, 0.5) is 5.69 Å². The summed E-state index contributed by atoms with van der Waals surface area (Å²) in [7, 11) is 0. The second kappa shape index (κ2) is 4.54. The van der Waals surface area contributed by atoms with Crippen molar-refractivity contribution in [1.29, 1.82) is 5.26 Å². The van der Waals surface area contributed by atoms with Gasteiger partial charge >= 0.3 is 0 Å². The van der Waals surface area contributed by atoms with Crippen molar-refractivity contribution in [3.05, 3.63) is 29.3 Å². The van der Waals surface area contributed by atoms with Crippen LogP contribution in [0.15, 0.2) is 18.2 Å². The summed E-state index contributed by atoms with van der Waals surface area (Å²) in [5.74, 6) is 0. The number of aryl methyl sites for hydroxylation is 1. The molecule has 1 heterocycles. The number of rotatable bonds is 1. The van der Waals surface area contributed by atoms with Gasteiger partial charge in [-0.3, -0.25) is 0 Å². The highest BCUT2D eigenvalue weighted by atomic mass is 16.3. The third-order valence-corrected chi connectivity index (χ3v) is 3.06. The SMILES string of the molecule is Cc1cc(C#N)ccc1N1CCCC(O)C1. The quantitative estimate of drug-likeness (QED) is 0.779. The fourth-order valence-corrected chi connectivity index (χ4v) is 2.25. The van der Waals surface area contributed by atoms with Crippen LogP contribution in [-0.4, -0.2) is 24.3 Å². The Morgan fingerprint density at radius 2 is 2.31 bits per heavy atom. The Morgan fingerprint density at radius 1 is 1.50 bits per heavy atom. The second-order valence-corrected chi connectivity index (χ2v) is 4.36. The Labute approximate surface area is 95.9 Å². The topological polar surface area (TPSA) is 47.3 Å². The van der Waals surface area contributed by atoms with Gasteiger partial charge in [0.2, 0.25) is 0 Å². The van der Waals surface area contributed by atoms with Crippen LogP contribution in [0, 0.1) is 18.3 Å². The molecule has 1 aromatic carbocycles. The standard InChI is InChI=1S/C13H16N2O/c1-10-7-11(8-14)4-5-13(10)15-6-2-3-12(16)9-15/h4-5,7,12,16H,2-3,6,9H2,1H3. The molecule has 0 spiro atoms. The number of anilines is 1. The van der Waals surface area contributed by atoms with Gasteiger partial charge in [0.15, 0.2) is 0 Å². The molecule has 0 radical (unpaired) electrons. The lowest BCUT2D eigenvalue weighted by Gasteiger charge is -2.33. The lowest BCUT2D eigenvalue weighted by atomic mass is 10.0. The Balaban J connectivity index is 2.23. The zero-order valence-corrected chi connectivity index (χ0v) is 9.48. The number of β-amino-alcohol motifs (C(OH)–C–C–N with tert-alkyl or cyclic N) is 1. The fraction of sp³-hybridized carbons (Fsp3) is 0.462. The molecule has 1 unspecified atom stereocenters. The number of nitrogens with zero attached hydrogens (tertiary/aromatic N) is 2. The summed E-state index contributed by atoms with van der Waals surface area (Å²) >= 11 is 0. The number of nitriles is 1. The monoisotopic (exact) mass is 216 g/mol. The molecule has 0 amide bonds. The van der Waals surface area contributed by atoms with E-state index in [-0.39, 0.29) is 6.10 Å². The van der Waals surface area contributed by atoms with Crippen molar-refractivity contribution in [3.63, 3.8) is 0 Å². The molecule has 1 fully saturated rings. The maximum Gasteiger partial charge on any atom is 0.0991 e. The van der Waals surface area contributed by atoms with Gasteiger partial charge in [-0.05, 0) is 43.5 Å². The lowest BCUT2D eigenvalue weighted by molar-refractivity contribution is 0.154. The fourth-order valence-electron chi connectivity index (χ4n) is 2.25. The highest BCUT2D eigenvalue weighted by Crippen LogP contribution is 2.24. The van der Waals surface area contributed by atoms with Crippen LogP contribution in [0.3, 0.4) is 0 Å². The van der Waals surface area contributed by atoms with Crippen molar-refractivity contribution in [2.75, 3.05) is 18.0 Å². The van der Waals surface area contributed by atoms with E-state index in [4.69, 9.17) is 5.26 Å². The van der Waals surface area contributed by atoms with Crippen LogP contribution >= 0.6 is 0 Å². The van der Waals surface area contributed by atoms with E-state index >= 15 is 0 Å². The molecular formula is C13H16N2O. The van der Waals surface area contributed by atoms with Crippen molar-refractivity contribution in [2.24, 2.45) is 0 Å². The molecule has 0 bridgehead atoms. The van der Waals surface area contributed by atoms with Gasteiger partial charge < -0.3 is 10.0 Å². The van der Waals surface area contributed by atoms with Gasteiger partial charge in [-0.15, -0.1) is 0 Å². The molecule has 0 saturated carbocycles. The maximum absolute atomic E-state index is 9.64. The number of aliphatic hydroxyl groups excluding tert-OH is 1. The predicted molar refractivity (Wildman–Crippen MR) is 63.3 cm³/mol. The van der Waals surface area contributed by atoms with Crippen molar-refractivity contribution < 1.29 is 5.11 Å². The van der Waals surface area contributed by atoms with Gasteiger partial charge in [-0.25, -0.2) is 0 Å². The maximum atomic E-state index is 9.64. The third-order valence-electron chi connectivity index (χ3n) is 3.06. The van der Waals surface area contributed by atoms with E-state index in [2.05, 4.69) is 11.0 Å². The Hall–Kier alpha value is -1.53. The highest BCUT2D eigenvalue weighted by molar-refractivity contribution is 5.56. The number of hydrogen-bond donors (Lipinski definition) is 1. The molecule has 1 aliphatic rings. The summed E-state index contributed by atoms with van der Waals surface area (Å²) < 4.78 is 0. The summed E-state index contributed by atoms with van der Waals surface area (Å²) in [4.78, 5) is 2.20. The van der Waals surface area contributed by atoms with Crippen molar-refractivity contribution in [1.82, 2.24) is 0 Å². The molecule has 0 aromatic heterocycles. The Kier molecular flexibility index (Phi) is 3.12. The van der Waals surface area contributed by atoms with E-state index in [1.54, 1.807) is 0 Å². The molecule has 0 aliphatic carbocycles. The average Bonchev–Trinajstić information content (AvgIpc) is 2.28. The first-order valence-electron chi connectivity index (χ1n) is 5.64. The smallest absolute Gasteiger partial charge is 0.0991 e. The first-order chi connectivity index (χ1) is 7.70. The number of aliphatic hydroxyl groups is 1. The molecule has 1 saturated heterocycles. The molecule has 1 N–H and O–H groups in total. The molecule has 3 heteroatoms. The van der Waals surface area contributed by atoms with Crippen LogP contribution in [0.2, 0.25) is 0 Å². The summed E-state index contributed by atoms with van der Waals surface area (Å²) in [5.41, 5.74) is 2.93. The van der Waals surface area contributed by atoms with Crippen molar-refractivity contribution in [3.8, 4) is 6.07 Å². The minimum Gasteiger partial charge on any atom is -0.391 e. The van der Waals surface area contributed by atoms with Gasteiger partial charge in [0.05, 0.1) is 17.7 Å². The Morgan fingerprint density at radius 3 is 2.94 bits per heavy atom. The summed E-state index contributed by atoms with van der Waals surface area (Å²) in [5, 5.41) is 18.4. The third kappa shape index (κ3) is 2.17. The van der Waals surface area contributed by atoms with E-state index in [0.717, 1.165) is 30.6 Å². The average molecular weight is 216 g/mol. The molecule has 16 heavy (non-hydrogen) atoms. The molecule has 84 valence electrons. The van der Waals surface area contributed by atoms with E-state index in [1.165, 1.54) is 0 Å². The van der Waals surface area contributed by atoms with Crippen LogP contribution in [0.5, 0.6) is 0 Å². The van der Waals surface area contributed by atoms with Crippen molar-refractivity contribution >= 4 is 5.69 Å². The van der Waals surface area contributed by atoms with Crippen LogP contribution in [0.1, 0.15) is 24.0 Å². The van der Waals surface area contributed by atoms with Crippen molar-refractivity contribution in [2.45, 2.75) is 25.9 Å². The highest BCUT2D eigenvalue weighted by Gasteiger charge is 2.18. The molecule has 1 aromatic rings. The van der Waals surface area contributed by atoms with E-state index < -0.39 is 0 Å². The zero-order valence-electron chi connectivity index (χ0n) is 9.48. The van der Waals surface area contributed by atoms with Crippen LogP contribution in [0.25, 0.3) is 0 Å². The van der Waals surface area contributed by atoms with E-state index in [0.29, 0.717) is 12.1 Å². The predicted octanol–water partition coefficient (Wildman–Crippen LogP) is 1.83.